The van der Waals surface area contributed by atoms with Gasteiger partial charge in [0.2, 0.25) is 0 Å². The average molecular weight is 307 g/mol. The van der Waals surface area contributed by atoms with Gasteiger partial charge in [-0.2, -0.15) is 0 Å². The Balaban J connectivity index is 1.76. The molecule has 0 bridgehead atoms. The number of hydrogen-bond acceptors (Lipinski definition) is 3. The summed E-state index contributed by atoms with van der Waals surface area (Å²) < 4.78 is 0. The highest BCUT2D eigenvalue weighted by Gasteiger charge is 2.15. The van der Waals surface area contributed by atoms with Crippen LogP contribution in [0.25, 0.3) is 0 Å². The summed E-state index contributed by atoms with van der Waals surface area (Å²) in [6.45, 7) is 0. The summed E-state index contributed by atoms with van der Waals surface area (Å²) >= 11 is 7.42. The van der Waals surface area contributed by atoms with Crippen LogP contribution in [0.2, 0.25) is 5.02 Å². The predicted octanol–water partition coefficient (Wildman–Crippen LogP) is 3.59. The van der Waals surface area contributed by atoms with Gasteiger partial charge < -0.3 is 4.98 Å². The van der Waals surface area contributed by atoms with Crippen molar-refractivity contribution in [1.82, 2.24) is 9.97 Å². The van der Waals surface area contributed by atoms with Crippen LogP contribution in [-0.4, -0.2) is 9.97 Å². The number of rotatable bonds is 3. The fourth-order valence-corrected chi connectivity index (χ4v) is 3.34. The fourth-order valence-electron chi connectivity index (χ4n) is 2.38. The maximum atomic E-state index is 12.0. The maximum Gasteiger partial charge on any atom is 0.254 e. The van der Waals surface area contributed by atoms with Crippen molar-refractivity contribution in [2.24, 2.45) is 0 Å². The highest BCUT2D eigenvalue weighted by atomic mass is 35.5. The van der Waals surface area contributed by atoms with Gasteiger partial charge in [-0.25, -0.2) is 4.98 Å². The molecule has 3 rings (SSSR count). The molecule has 0 saturated carbocycles. The van der Waals surface area contributed by atoms with Crippen molar-refractivity contribution < 1.29 is 0 Å². The van der Waals surface area contributed by atoms with E-state index in [0.29, 0.717) is 5.16 Å². The standard InChI is InChI=1S/C15H15ClN2OS/c16-11-7-5-10(6-8-11)9-20-15-17-13-4-2-1-3-12(13)14(19)18-15/h5-8H,1-4,9H2,(H,17,18,19). The molecule has 3 nitrogen and oxygen atoms in total. The monoisotopic (exact) mass is 306 g/mol. The first-order valence-electron chi connectivity index (χ1n) is 6.72. The van der Waals surface area contributed by atoms with E-state index in [1.54, 1.807) is 11.8 Å². The van der Waals surface area contributed by atoms with Gasteiger partial charge in [0, 0.05) is 16.3 Å². The molecule has 0 amide bonds. The normalized spacial score (nSPS) is 14.1. The van der Waals surface area contributed by atoms with Crippen molar-refractivity contribution in [3.63, 3.8) is 0 Å². The lowest BCUT2D eigenvalue weighted by atomic mass is 9.97. The van der Waals surface area contributed by atoms with Crippen molar-refractivity contribution in [3.05, 3.63) is 56.5 Å². The summed E-state index contributed by atoms with van der Waals surface area (Å²) in [4.78, 5) is 19.5. The number of benzene rings is 1. The molecule has 2 aromatic rings. The van der Waals surface area contributed by atoms with Gasteiger partial charge in [0.15, 0.2) is 5.16 Å². The zero-order valence-corrected chi connectivity index (χ0v) is 12.6. The van der Waals surface area contributed by atoms with Crippen LogP contribution in [0.5, 0.6) is 0 Å². The Labute approximate surface area is 126 Å². The lowest BCUT2D eigenvalue weighted by Crippen LogP contribution is -2.21. The van der Waals surface area contributed by atoms with Crippen LogP contribution in [-0.2, 0) is 18.6 Å². The van der Waals surface area contributed by atoms with Gasteiger partial charge >= 0.3 is 0 Å². The second-order valence-corrected chi connectivity index (χ2v) is 6.32. The molecule has 1 heterocycles. The highest BCUT2D eigenvalue weighted by molar-refractivity contribution is 7.98. The van der Waals surface area contributed by atoms with Crippen molar-refractivity contribution in [2.75, 3.05) is 0 Å². The molecule has 0 saturated heterocycles. The SMILES string of the molecule is O=c1[nH]c(SCc2ccc(Cl)cc2)nc2c1CCCC2. The van der Waals surface area contributed by atoms with Gasteiger partial charge in [0.1, 0.15) is 0 Å². The fraction of sp³-hybridized carbons (Fsp3) is 0.333. The number of thioether (sulfide) groups is 1. The lowest BCUT2D eigenvalue weighted by Gasteiger charge is -2.14. The van der Waals surface area contributed by atoms with Gasteiger partial charge in [0.05, 0.1) is 5.69 Å². The quantitative estimate of drug-likeness (QED) is 0.696. The van der Waals surface area contributed by atoms with Gasteiger partial charge in [-0.15, -0.1) is 0 Å². The second-order valence-electron chi connectivity index (χ2n) is 4.92. The lowest BCUT2D eigenvalue weighted by molar-refractivity contribution is 0.641. The molecule has 0 unspecified atom stereocenters. The van der Waals surface area contributed by atoms with E-state index in [2.05, 4.69) is 9.97 Å². The van der Waals surface area contributed by atoms with E-state index in [1.807, 2.05) is 24.3 Å². The molecule has 1 aliphatic rings. The Hall–Kier alpha value is -1.26. The Kier molecular flexibility index (Phi) is 4.13. The number of aromatic amines is 1. The molecule has 104 valence electrons. The molecule has 20 heavy (non-hydrogen) atoms. The Bertz CT molecular complexity index is 667. The van der Waals surface area contributed by atoms with Crippen LogP contribution < -0.4 is 5.56 Å². The van der Waals surface area contributed by atoms with E-state index in [9.17, 15) is 4.79 Å². The molecular weight excluding hydrogens is 292 g/mol. The zero-order valence-electron chi connectivity index (χ0n) is 11.0. The van der Waals surface area contributed by atoms with Crippen LogP contribution in [0.15, 0.2) is 34.2 Å². The summed E-state index contributed by atoms with van der Waals surface area (Å²) in [5.41, 5.74) is 3.07. The molecule has 0 spiro atoms. The van der Waals surface area contributed by atoms with Gasteiger partial charge in [-0.1, -0.05) is 35.5 Å². The number of nitrogens with one attached hydrogen (secondary N) is 1. The van der Waals surface area contributed by atoms with Gasteiger partial charge in [0.25, 0.3) is 5.56 Å². The summed E-state index contributed by atoms with van der Waals surface area (Å²) in [5, 5.41) is 1.45. The van der Waals surface area contributed by atoms with E-state index in [1.165, 1.54) is 5.56 Å². The Morgan fingerprint density at radius 3 is 2.75 bits per heavy atom. The molecule has 0 aliphatic heterocycles. The average Bonchev–Trinajstić information content (AvgIpc) is 2.47. The van der Waals surface area contributed by atoms with Crippen molar-refractivity contribution in [3.8, 4) is 0 Å². The van der Waals surface area contributed by atoms with E-state index in [0.717, 1.165) is 47.7 Å². The van der Waals surface area contributed by atoms with Crippen molar-refractivity contribution in [1.29, 1.82) is 0 Å². The van der Waals surface area contributed by atoms with Crippen LogP contribution in [0.1, 0.15) is 29.7 Å². The number of fused-ring (bicyclic) bond motifs is 1. The molecule has 1 N–H and O–H groups in total. The third-order valence-corrected chi connectivity index (χ3v) is 4.66. The summed E-state index contributed by atoms with van der Waals surface area (Å²) in [6.07, 6.45) is 4.01. The van der Waals surface area contributed by atoms with Gasteiger partial charge in [-0.05, 0) is 43.4 Å². The molecule has 0 fully saturated rings. The van der Waals surface area contributed by atoms with Crippen molar-refractivity contribution >= 4 is 23.4 Å². The molecule has 0 radical (unpaired) electrons. The number of aryl methyl sites for hydroxylation is 1. The smallest absolute Gasteiger partial charge is 0.254 e. The van der Waals surface area contributed by atoms with E-state index < -0.39 is 0 Å². The predicted molar refractivity (Wildman–Crippen MR) is 82.5 cm³/mol. The van der Waals surface area contributed by atoms with E-state index >= 15 is 0 Å². The first-order chi connectivity index (χ1) is 9.72. The first kappa shape index (κ1) is 13.7. The number of nitrogens with zero attached hydrogens (tertiary/aromatic N) is 1. The summed E-state index contributed by atoms with van der Waals surface area (Å²) in [5.74, 6) is 0.777. The summed E-state index contributed by atoms with van der Waals surface area (Å²) in [6, 6.07) is 7.73. The largest absolute Gasteiger partial charge is 0.301 e. The second kappa shape index (κ2) is 6.02. The number of hydrogen-bond donors (Lipinski definition) is 1. The molecule has 5 heteroatoms. The number of H-pyrrole nitrogens is 1. The maximum absolute atomic E-state index is 12.0. The van der Waals surface area contributed by atoms with Crippen LogP contribution >= 0.6 is 23.4 Å². The third-order valence-electron chi connectivity index (χ3n) is 3.46. The third kappa shape index (κ3) is 3.07. The van der Waals surface area contributed by atoms with E-state index in [4.69, 9.17) is 11.6 Å². The molecular formula is C15H15ClN2OS. The number of aromatic nitrogens is 2. The minimum absolute atomic E-state index is 0.0355. The minimum atomic E-state index is 0.0355. The molecule has 1 aromatic heterocycles. The highest BCUT2D eigenvalue weighted by Crippen LogP contribution is 2.22. The Morgan fingerprint density at radius 1 is 1.20 bits per heavy atom. The van der Waals surface area contributed by atoms with Crippen LogP contribution in [0.4, 0.5) is 0 Å². The summed E-state index contributed by atoms with van der Waals surface area (Å²) in [7, 11) is 0. The molecule has 1 aromatic carbocycles. The van der Waals surface area contributed by atoms with E-state index in [-0.39, 0.29) is 5.56 Å². The number of halogens is 1. The van der Waals surface area contributed by atoms with Crippen LogP contribution in [0, 0.1) is 0 Å². The minimum Gasteiger partial charge on any atom is -0.301 e. The Morgan fingerprint density at radius 2 is 1.95 bits per heavy atom. The topological polar surface area (TPSA) is 45.8 Å². The molecule has 1 aliphatic carbocycles. The van der Waals surface area contributed by atoms with Crippen LogP contribution in [0.3, 0.4) is 0 Å². The van der Waals surface area contributed by atoms with Gasteiger partial charge in [-0.3, -0.25) is 4.79 Å². The molecule has 0 atom stereocenters. The zero-order chi connectivity index (χ0) is 13.9. The first-order valence-corrected chi connectivity index (χ1v) is 8.08. The van der Waals surface area contributed by atoms with Crippen molar-refractivity contribution in [2.45, 2.75) is 36.6 Å².